The third-order valence-corrected chi connectivity index (χ3v) is 12.9. The van der Waals surface area contributed by atoms with Crippen molar-refractivity contribution in [1.82, 2.24) is 40.1 Å². The molecule has 3 saturated heterocycles. The molecule has 68 heavy (non-hydrogen) atoms. The number of hydrogen-bond donors (Lipinski definition) is 3. The number of carboxylic acid groups (broad SMARTS) is 4. The molecule has 3 atom stereocenters. The van der Waals surface area contributed by atoms with Crippen LogP contribution in [0.1, 0.15) is 94.6 Å². The molecule has 3 aliphatic heterocycles. The molecule has 21 heteroatoms. The Bertz CT molecular complexity index is 1890. The summed E-state index contributed by atoms with van der Waals surface area (Å²) in [5, 5.41) is 50.2. The SMILES string of the molecule is CC(C(=O)CCC(=O)NCCC#Cc1cncc([C@H](CC(=O)O)CC(=O)[C@@H]2CCCN(C(=O)CCC3CCNCC3)C2)c1)N1CCN(CC(=O)[O-])CCN(CC(=O)[O-])CCN(CC(=O)[O-])CC1.[Gd+3]. The Morgan fingerprint density at radius 2 is 1.38 bits per heavy atom. The number of aliphatic carboxylic acids is 4. The molecule has 0 spiro atoms. The van der Waals surface area contributed by atoms with Crippen molar-refractivity contribution in [3.05, 3.63) is 29.6 Å². The minimum Gasteiger partial charge on any atom is -0.549 e. The second-order valence-electron chi connectivity index (χ2n) is 17.9. The summed E-state index contributed by atoms with van der Waals surface area (Å²) in [5.41, 5.74) is 1.08. The van der Waals surface area contributed by atoms with Gasteiger partial charge in [-0.3, -0.25) is 48.6 Å². The predicted octanol–water partition coefficient (Wildman–Crippen LogP) is -3.32. The van der Waals surface area contributed by atoms with E-state index in [1.165, 1.54) is 6.20 Å². The molecule has 375 valence electrons. The number of aromatic nitrogens is 1. The van der Waals surface area contributed by atoms with Crippen LogP contribution in [0.3, 0.4) is 0 Å². The van der Waals surface area contributed by atoms with Crippen LogP contribution in [0.4, 0.5) is 0 Å². The molecule has 1 aromatic heterocycles. The number of pyridine rings is 1. The van der Waals surface area contributed by atoms with Gasteiger partial charge in [0.25, 0.3) is 0 Å². The fraction of sp³-hybridized carbons (Fsp3) is 0.681. The largest absolute Gasteiger partial charge is 3.00 e. The smallest absolute Gasteiger partial charge is 0.549 e. The molecule has 3 aliphatic rings. The number of carboxylic acids is 4. The number of ketones is 2. The first kappa shape index (κ1) is 58.3. The third-order valence-electron chi connectivity index (χ3n) is 12.9. The van der Waals surface area contributed by atoms with Crippen LogP contribution in [0.5, 0.6) is 0 Å². The van der Waals surface area contributed by atoms with Crippen molar-refractivity contribution in [1.29, 1.82) is 0 Å². The molecule has 0 saturated carbocycles. The fourth-order valence-electron chi connectivity index (χ4n) is 8.93. The first-order chi connectivity index (χ1) is 32.1. The number of carbonyl (C=O) groups is 8. The molecule has 2 amide bonds. The summed E-state index contributed by atoms with van der Waals surface area (Å²) in [4.78, 5) is 112. The van der Waals surface area contributed by atoms with E-state index in [-0.39, 0.29) is 160 Å². The number of nitrogens with zero attached hydrogens (tertiary/aromatic N) is 6. The number of likely N-dealkylation sites (tertiary alicyclic amines) is 1. The van der Waals surface area contributed by atoms with Gasteiger partial charge in [0.1, 0.15) is 11.6 Å². The molecule has 0 bridgehead atoms. The summed E-state index contributed by atoms with van der Waals surface area (Å²) in [7, 11) is 0. The molecular weight excluding hydrogens is 1030 g/mol. The topological polar surface area (TPSA) is 279 Å². The molecule has 4 heterocycles. The van der Waals surface area contributed by atoms with Gasteiger partial charge < -0.3 is 50.3 Å². The van der Waals surface area contributed by atoms with Crippen molar-refractivity contribution in [2.24, 2.45) is 11.8 Å². The Balaban J connectivity index is 0.0000122. The Labute approximate surface area is 431 Å². The minimum atomic E-state index is -1.32. The van der Waals surface area contributed by atoms with Gasteiger partial charge >= 0.3 is 45.9 Å². The molecule has 3 fully saturated rings. The maximum atomic E-state index is 13.6. The van der Waals surface area contributed by atoms with Crippen molar-refractivity contribution in [2.75, 3.05) is 105 Å². The Kier molecular flexibility index (Phi) is 26.8. The fourth-order valence-corrected chi connectivity index (χ4v) is 8.93. The number of piperidine rings is 2. The number of carbonyl (C=O) groups excluding carboxylic acids is 7. The van der Waals surface area contributed by atoms with Gasteiger partial charge in [-0.2, -0.15) is 0 Å². The van der Waals surface area contributed by atoms with Crippen LogP contribution in [0.15, 0.2) is 18.5 Å². The number of hydrogen-bond acceptors (Lipinski definition) is 17. The summed E-state index contributed by atoms with van der Waals surface area (Å²) < 4.78 is 0. The predicted molar refractivity (Wildman–Crippen MR) is 237 cm³/mol. The number of amides is 2. The zero-order valence-corrected chi connectivity index (χ0v) is 41.4. The van der Waals surface area contributed by atoms with Crippen LogP contribution >= 0.6 is 0 Å². The minimum absolute atomic E-state index is 0. The van der Waals surface area contributed by atoms with Crippen LogP contribution in [0.25, 0.3) is 0 Å². The maximum absolute atomic E-state index is 13.6. The second-order valence-corrected chi connectivity index (χ2v) is 17.9. The van der Waals surface area contributed by atoms with E-state index in [0.29, 0.717) is 43.0 Å². The van der Waals surface area contributed by atoms with E-state index in [0.717, 1.165) is 38.8 Å². The average Bonchev–Trinajstić information content (AvgIpc) is 3.29. The monoisotopic (exact) mass is 1090 g/mol. The molecule has 1 aromatic rings. The van der Waals surface area contributed by atoms with Gasteiger partial charge in [0.2, 0.25) is 11.8 Å². The zero-order chi connectivity index (χ0) is 48.7. The molecule has 0 aliphatic carbocycles. The van der Waals surface area contributed by atoms with Gasteiger partial charge in [-0.15, -0.1) is 0 Å². The third kappa shape index (κ3) is 22.2. The van der Waals surface area contributed by atoms with Crippen molar-refractivity contribution in [3.63, 3.8) is 0 Å². The Morgan fingerprint density at radius 1 is 0.794 bits per heavy atom. The summed E-state index contributed by atoms with van der Waals surface area (Å²) in [6.45, 7) is 5.04. The molecule has 0 aromatic carbocycles. The molecule has 4 rings (SSSR count). The van der Waals surface area contributed by atoms with E-state index in [1.807, 2.05) is 0 Å². The average molecular weight is 1090 g/mol. The van der Waals surface area contributed by atoms with Gasteiger partial charge in [-0.1, -0.05) is 11.8 Å². The standard InChI is InChI=1S/C47H70N8O12.Gd/c1-34(54-23-21-52(32-46(64)65)19-17-51(31-45(62)63)18-20-53(22-24-54)33-47(66)67)40(56)8-9-42(58)50-13-3-2-5-36-25-39(29-49-28-36)38(27-44(60)61)26-41(57)37-6-4-16-55(30-37)43(59)10-7-35-11-14-48-15-12-35;/h25,28-29,34-35,37-38,48H,3-4,6-24,26-27,30-33H2,1H3,(H,50,58)(H,60,61)(H,62,63)(H,64,65)(H,66,67);/q;+3/p-3/t34?,37-,38+;/m1./s1. The summed E-state index contributed by atoms with van der Waals surface area (Å²) in [6, 6.07) is 1.02. The van der Waals surface area contributed by atoms with E-state index in [9.17, 15) is 58.8 Å². The van der Waals surface area contributed by atoms with Crippen molar-refractivity contribution in [2.45, 2.75) is 89.5 Å². The van der Waals surface area contributed by atoms with Crippen molar-refractivity contribution >= 4 is 47.3 Å². The zero-order valence-electron chi connectivity index (χ0n) is 39.1. The van der Waals surface area contributed by atoms with E-state index >= 15 is 0 Å². The molecular formula is C47H67GdN8O12. The van der Waals surface area contributed by atoms with Gasteiger partial charge in [0.15, 0.2) is 0 Å². The van der Waals surface area contributed by atoms with Gasteiger partial charge in [0, 0.05) is 154 Å². The number of nitrogens with one attached hydrogen (secondary N) is 2. The van der Waals surface area contributed by atoms with Crippen LogP contribution in [-0.4, -0.2) is 193 Å². The summed E-state index contributed by atoms with van der Waals surface area (Å²) in [5.74, 6) is -0.124. The van der Waals surface area contributed by atoms with E-state index < -0.39 is 55.5 Å². The normalized spacial score (nSPS) is 19.4. The van der Waals surface area contributed by atoms with E-state index in [4.69, 9.17) is 0 Å². The van der Waals surface area contributed by atoms with E-state index in [1.54, 1.807) is 43.7 Å². The van der Waals surface area contributed by atoms with Crippen molar-refractivity contribution in [3.8, 4) is 11.8 Å². The Morgan fingerprint density at radius 3 is 1.96 bits per heavy atom. The molecule has 1 radical (unpaired) electrons. The maximum Gasteiger partial charge on any atom is 3.00 e. The van der Waals surface area contributed by atoms with Crippen LogP contribution in [0, 0.1) is 63.6 Å². The van der Waals surface area contributed by atoms with Crippen LogP contribution < -0.4 is 26.0 Å². The summed E-state index contributed by atoms with van der Waals surface area (Å²) in [6.07, 6.45) is 7.68. The first-order valence-corrected chi connectivity index (χ1v) is 23.5. The second kappa shape index (κ2) is 31.3. The van der Waals surface area contributed by atoms with Gasteiger partial charge in [0.05, 0.1) is 30.4 Å². The molecule has 20 nitrogen and oxygen atoms in total. The van der Waals surface area contributed by atoms with Gasteiger partial charge in [-0.05, 0) is 69.7 Å². The summed E-state index contributed by atoms with van der Waals surface area (Å²) >= 11 is 0. The first-order valence-electron chi connectivity index (χ1n) is 23.5. The van der Waals surface area contributed by atoms with Crippen LogP contribution in [-0.2, 0) is 38.4 Å². The van der Waals surface area contributed by atoms with Crippen molar-refractivity contribution < 1.29 is 98.7 Å². The molecule has 3 N–H and O–H groups in total. The van der Waals surface area contributed by atoms with Crippen LogP contribution in [0.2, 0.25) is 0 Å². The Hall–Kier alpha value is -4.01. The van der Waals surface area contributed by atoms with E-state index in [2.05, 4.69) is 27.5 Å². The van der Waals surface area contributed by atoms with Gasteiger partial charge in [-0.25, -0.2) is 0 Å². The number of Topliss-reactive ketones (excluding diaryl/α,β-unsaturated/α-hetero) is 2. The number of rotatable bonds is 22. The molecule has 1 unspecified atom stereocenters. The quantitative estimate of drug-likeness (QED) is 0.0757.